The SMILES string of the molecule is CC1C[SH]1(=O)C(C)(C)C(=O)Nc1ccc(-c2ccccc2)cn1. The lowest BCUT2D eigenvalue weighted by Gasteiger charge is -2.26. The Hall–Kier alpha value is -2.01. The molecule has 1 aromatic heterocycles. The highest BCUT2D eigenvalue weighted by Crippen LogP contribution is 2.42. The second-order valence-electron chi connectivity index (χ2n) is 6.64. The molecular weight excluding hydrogens is 308 g/mol. The number of nitrogens with zero attached hydrogens (tertiary/aromatic N) is 1. The normalized spacial score (nSPS) is 20.6. The zero-order valence-electron chi connectivity index (χ0n) is 13.6. The molecule has 23 heavy (non-hydrogen) atoms. The maximum absolute atomic E-state index is 12.7. The van der Waals surface area contributed by atoms with E-state index < -0.39 is 14.7 Å². The van der Waals surface area contributed by atoms with Gasteiger partial charge in [-0.3, -0.25) is 9.00 Å². The van der Waals surface area contributed by atoms with E-state index in [4.69, 9.17) is 0 Å². The van der Waals surface area contributed by atoms with Gasteiger partial charge in [0.1, 0.15) is 5.82 Å². The molecule has 3 rings (SSSR count). The Kier molecular flexibility index (Phi) is 3.84. The second-order valence-corrected chi connectivity index (χ2v) is 10.6. The fourth-order valence-electron chi connectivity index (χ4n) is 2.83. The van der Waals surface area contributed by atoms with E-state index in [9.17, 15) is 9.00 Å². The summed E-state index contributed by atoms with van der Waals surface area (Å²) in [5.41, 5.74) is 2.07. The number of amides is 1. The van der Waals surface area contributed by atoms with Gasteiger partial charge in [-0.05, 0) is 31.5 Å². The molecule has 0 radical (unpaired) electrons. The summed E-state index contributed by atoms with van der Waals surface area (Å²) < 4.78 is 11.8. The van der Waals surface area contributed by atoms with Crippen LogP contribution in [0.2, 0.25) is 0 Å². The molecule has 4 nitrogen and oxygen atoms in total. The standard InChI is InChI=1S/C18H22N2O2S/c1-13-12-23(13,22)18(2,3)17(21)20-16-10-9-15(11-19-16)14-7-5-4-6-8-14/h4-11,13,23H,12H2,1-3H3,(H,19,20,21). The van der Waals surface area contributed by atoms with Crippen molar-refractivity contribution in [2.45, 2.75) is 30.8 Å². The van der Waals surface area contributed by atoms with Crippen LogP contribution in [0.15, 0.2) is 48.7 Å². The average molecular weight is 330 g/mol. The highest BCUT2D eigenvalue weighted by Gasteiger charge is 2.55. The number of carbonyl (C=O) groups excluding carboxylic acids is 1. The van der Waals surface area contributed by atoms with Gasteiger partial charge in [0, 0.05) is 22.8 Å². The van der Waals surface area contributed by atoms with Crippen molar-refractivity contribution in [2.24, 2.45) is 0 Å². The van der Waals surface area contributed by atoms with Crippen LogP contribution in [-0.4, -0.2) is 30.8 Å². The number of aromatic nitrogens is 1. The Labute approximate surface area is 137 Å². The minimum Gasteiger partial charge on any atom is -0.309 e. The van der Waals surface area contributed by atoms with Gasteiger partial charge in [0.25, 0.3) is 0 Å². The van der Waals surface area contributed by atoms with Gasteiger partial charge in [-0.1, -0.05) is 47.2 Å². The van der Waals surface area contributed by atoms with E-state index in [1.54, 1.807) is 26.1 Å². The van der Waals surface area contributed by atoms with Crippen LogP contribution < -0.4 is 5.32 Å². The van der Waals surface area contributed by atoms with Crippen molar-refractivity contribution >= 4 is 21.7 Å². The van der Waals surface area contributed by atoms with E-state index >= 15 is 0 Å². The van der Waals surface area contributed by atoms with Crippen LogP contribution in [0, 0.1) is 0 Å². The molecule has 1 aliphatic heterocycles. The summed E-state index contributed by atoms with van der Waals surface area (Å²) in [7, 11) is -2.40. The first-order valence-electron chi connectivity index (χ1n) is 7.76. The first kappa shape index (κ1) is 15.9. The predicted octanol–water partition coefficient (Wildman–Crippen LogP) is 2.88. The van der Waals surface area contributed by atoms with Crippen molar-refractivity contribution in [2.75, 3.05) is 11.1 Å². The summed E-state index contributed by atoms with van der Waals surface area (Å²) in [4.78, 5) is 16.8. The molecule has 0 bridgehead atoms. The monoisotopic (exact) mass is 330 g/mol. The van der Waals surface area contributed by atoms with Crippen LogP contribution in [0.25, 0.3) is 11.1 Å². The summed E-state index contributed by atoms with van der Waals surface area (Å²) in [5, 5.41) is 2.96. The van der Waals surface area contributed by atoms with E-state index in [0.29, 0.717) is 11.6 Å². The molecule has 0 aliphatic carbocycles. The largest absolute Gasteiger partial charge is 0.309 e. The third-order valence-corrected chi connectivity index (χ3v) is 9.05. The fourth-order valence-corrected chi connectivity index (χ4v) is 5.93. The van der Waals surface area contributed by atoms with Crippen LogP contribution in [0.4, 0.5) is 5.82 Å². The Morgan fingerprint density at radius 1 is 1.17 bits per heavy atom. The Morgan fingerprint density at radius 2 is 1.83 bits per heavy atom. The van der Waals surface area contributed by atoms with Gasteiger partial charge in [-0.15, -0.1) is 0 Å². The van der Waals surface area contributed by atoms with Gasteiger partial charge in [0.15, 0.2) is 0 Å². The van der Waals surface area contributed by atoms with Crippen molar-refractivity contribution in [3.63, 3.8) is 0 Å². The van der Waals surface area contributed by atoms with Crippen molar-refractivity contribution in [1.82, 2.24) is 4.98 Å². The molecular formula is C18H22N2O2S. The number of rotatable bonds is 4. The predicted molar refractivity (Wildman–Crippen MR) is 96.2 cm³/mol. The number of thiol groups is 1. The summed E-state index contributed by atoms with van der Waals surface area (Å²) in [6.45, 7) is 5.48. The highest BCUT2D eigenvalue weighted by atomic mass is 32.3. The van der Waals surface area contributed by atoms with Crippen LogP contribution in [0.1, 0.15) is 20.8 Å². The van der Waals surface area contributed by atoms with Gasteiger partial charge >= 0.3 is 0 Å². The number of hydrogen-bond acceptors (Lipinski definition) is 3. The molecule has 2 heterocycles. The lowest BCUT2D eigenvalue weighted by Crippen LogP contribution is -2.43. The van der Waals surface area contributed by atoms with Gasteiger partial charge in [-0.2, -0.15) is 0 Å². The third kappa shape index (κ3) is 2.81. The minimum absolute atomic E-state index is 0.150. The number of pyridine rings is 1. The van der Waals surface area contributed by atoms with Crippen molar-refractivity contribution < 1.29 is 9.00 Å². The maximum Gasteiger partial charge on any atom is 0.241 e. The lowest BCUT2D eigenvalue weighted by atomic mass is 10.1. The van der Waals surface area contributed by atoms with Crippen molar-refractivity contribution in [3.8, 4) is 11.1 Å². The molecule has 2 aromatic rings. The molecule has 1 unspecified atom stereocenters. The molecule has 5 heteroatoms. The molecule has 0 spiro atoms. The number of carbonyl (C=O) groups is 1. The molecule has 1 atom stereocenters. The molecule has 122 valence electrons. The fraction of sp³-hybridized carbons (Fsp3) is 0.333. The number of nitrogens with one attached hydrogen (secondary N) is 1. The summed E-state index contributed by atoms with van der Waals surface area (Å²) in [6.07, 6.45) is 1.74. The van der Waals surface area contributed by atoms with E-state index in [2.05, 4.69) is 10.3 Å². The Balaban J connectivity index is 1.74. The van der Waals surface area contributed by atoms with Gasteiger partial charge in [0.05, 0.1) is 4.75 Å². The zero-order chi connectivity index (χ0) is 16.7. The van der Waals surface area contributed by atoms with Crippen LogP contribution >= 0.6 is 0 Å². The minimum atomic E-state index is -2.40. The zero-order valence-corrected chi connectivity index (χ0v) is 14.5. The quantitative estimate of drug-likeness (QED) is 0.669. The first-order valence-corrected chi connectivity index (χ1v) is 9.72. The summed E-state index contributed by atoms with van der Waals surface area (Å²) in [5.74, 6) is 0.933. The molecule has 1 aromatic carbocycles. The molecule has 1 fully saturated rings. The van der Waals surface area contributed by atoms with Crippen LogP contribution in [0.5, 0.6) is 0 Å². The molecule has 1 saturated heterocycles. The Morgan fingerprint density at radius 3 is 2.35 bits per heavy atom. The van der Waals surface area contributed by atoms with E-state index in [1.165, 1.54) is 0 Å². The van der Waals surface area contributed by atoms with E-state index in [0.717, 1.165) is 11.1 Å². The topological polar surface area (TPSA) is 59.1 Å². The van der Waals surface area contributed by atoms with Gasteiger partial charge < -0.3 is 5.32 Å². The number of benzene rings is 1. The third-order valence-electron chi connectivity index (χ3n) is 4.73. The molecule has 1 aliphatic rings. The van der Waals surface area contributed by atoms with Crippen molar-refractivity contribution in [1.29, 1.82) is 0 Å². The maximum atomic E-state index is 12.7. The van der Waals surface area contributed by atoms with Gasteiger partial charge in [0.2, 0.25) is 5.91 Å². The average Bonchev–Trinajstić information content (AvgIpc) is 3.18. The van der Waals surface area contributed by atoms with E-state index in [1.807, 2.05) is 43.3 Å². The van der Waals surface area contributed by atoms with E-state index in [-0.39, 0.29) is 11.2 Å². The van der Waals surface area contributed by atoms with Crippen molar-refractivity contribution in [3.05, 3.63) is 48.7 Å². The van der Waals surface area contributed by atoms with Crippen LogP contribution in [-0.2, 0) is 14.7 Å². The van der Waals surface area contributed by atoms with Crippen LogP contribution in [0.3, 0.4) is 0 Å². The smallest absolute Gasteiger partial charge is 0.241 e. The Bertz CT molecular complexity index is 769. The molecule has 1 N–H and O–H groups in total. The number of anilines is 1. The summed E-state index contributed by atoms with van der Waals surface area (Å²) in [6, 6.07) is 13.6. The molecule has 0 saturated carbocycles. The first-order chi connectivity index (χ1) is 10.8. The van der Waals surface area contributed by atoms with Gasteiger partial charge in [-0.25, -0.2) is 4.98 Å². The summed E-state index contributed by atoms with van der Waals surface area (Å²) >= 11 is 0. The number of hydrogen-bond donors (Lipinski definition) is 2. The molecule has 1 amide bonds. The second kappa shape index (κ2) is 5.57. The highest BCUT2D eigenvalue weighted by molar-refractivity contribution is 8.12. The lowest BCUT2D eigenvalue weighted by molar-refractivity contribution is -0.117.